The van der Waals surface area contributed by atoms with Crippen molar-refractivity contribution >= 4 is 5.91 Å². The molecule has 0 radical (unpaired) electrons. The van der Waals surface area contributed by atoms with Crippen LogP contribution in [0.2, 0.25) is 0 Å². The van der Waals surface area contributed by atoms with Crippen molar-refractivity contribution in [2.45, 2.75) is 77.2 Å². The second kappa shape index (κ2) is 11.0. The van der Waals surface area contributed by atoms with Gasteiger partial charge in [0.05, 0.1) is 25.4 Å². The van der Waals surface area contributed by atoms with Gasteiger partial charge in [-0.3, -0.25) is 4.79 Å². The summed E-state index contributed by atoms with van der Waals surface area (Å²) in [5.74, 6) is -1.18. The first kappa shape index (κ1) is 27.4. The van der Waals surface area contributed by atoms with Crippen molar-refractivity contribution in [2.24, 2.45) is 5.41 Å². The van der Waals surface area contributed by atoms with Gasteiger partial charge in [-0.25, -0.2) is 13.8 Å². The summed E-state index contributed by atoms with van der Waals surface area (Å²) in [5, 5.41) is 17.2. The smallest absolute Gasteiger partial charge is 0.218 e. The van der Waals surface area contributed by atoms with Gasteiger partial charge in [0.1, 0.15) is 17.2 Å². The zero-order valence-corrected chi connectivity index (χ0v) is 21.9. The highest BCUT2D eigenvalue weighted by Gasteiger charge is 2.45. The summed E-state index contributed by atoms with van der Waals surface area (Å²) in [5.41, 5.74) is 1.99. The number of aliphatic hydroxyl groups excluding tert-OH is 1. The molecule has 1 aromatic carbocycles. The van der Waals surface area contributed by atoms with Crippen molar-refractivity contribution in [3.63, 3.8) is 0 Å². The molecule has 0 saturated carbocycles. The Morgan fingerprint density at radius 1 is 1.22 bits per heavy atom. The summed E-state index contributed by atoms with van der Waals surface area (Å²) in [6, 6.07) is 4.43. The van der Waals surface area contributed by atoms with Gasteiger partial charge in [0, 0.05) is 50.2 Å². The van der Waals surface area contributed by atoms with Crippen LogP contribution in [0.1, 0.15) is 63.3 Å². The number of nitrogens with one attached hydrogen (secondary N) is 2. The Kier molecular flexibility index (Phi) is 8.16. The van der Waals surface area contributed by atoms with E-state index in [4.69, 9.17) is 9.47 Å². The predicted molar refractivity (Wildman–Crippen MR) is 135 cm³/mol. The van der Waals surface area contributed by atoms with Crippen LogP contribution in [0, 0.1) is 17.0 Å². The normalized spacial score (nSPS) is 22.8. The summed E-state index contributed by atoms with van der Waals surface area (Å²) in [6.07, 6.45) is 3.17. The molecule has 2 aromatic rings. The van der Waals surface area contributed by atoms with E-state index in [1.165, 1.54) is 19.1 Å². The molecule has 3 N–H and O–H groups in total. The van der Waals surface area contributed by atoms with Crippen molar-refractivity contribution in [3.8, 4) is 5.88 Å². The number of pyridine rings is 1. The largest absolute Gasteiger partial charge is 0.468 e. The number of hydrogen-bond acceptors (Lipinski definition) is 6. The van der Waals surface area contributed by atoms with Gasteiger partial charge in [0.15, 0.2) is 0 Å². The highest BCUT2D eigenvalue weighted by molar-refractivity contribution is 5.73. The molecule has 0 unspecified atom stereocenters. The van der Waals surface area contributed by atoms with Crippen LogP contribution in [0.5, 0.6) is 5.88 Å². The Bertz CT molecular complexity index is 1090. The predicted octanol–water partition coefficient (Wildman–Crippen LogP) is 3.63. The lowest BCUT2D eigenvalue weighted by atomic mass is 9.85. The van der Waals surface area contributed by atoms with Crippen LogP contribution in [0.25, 0.3) is 0 Å². The number of ether oxygens (including phenoxy) is 2. The van der Waals surface area contributed by atoms with E-state index in [9.17, 15) is 18.7 Å². The van der Waals surface area contributed by atoms with Crippen LogP contribution < -0.4 is 15.4 Å². The number of benzene rings is 1. The minimum atomic E-state index is -1.01. The van der Waals surface area contributed by atoms with Crippen LogP contribution in [-0.2, 0) is 22.4 Å². The fourth-order valence-corrected chi connectivity index (χ4v) is 5.23. The first-order valence-electron chi connectivity index (χ1n) is 12.8. The second-order valence-corrected chi connectivity index (χ2v) is 11.6. The summed E-state index contributed by atoms with van der Waals surface area (Å²) in [7, 11) is 0. The van der Waals surface area contributed by atoms with Crippen LogP contribution in [0.3, 0.4) is 0 Å². The lowest BCUT2D eigenvalue weighted by Gasteiger charge is -2.39. The van der Waals surface area contributed by atoms with E-state index < -0.39 is 29.4 Å². The lowest BCUT2D eigenvalue weighted by molar-refractivity contribution is -0.120. The molecule has 1 amide bonds. The van der Waals surface area contributed by atoms with Crippen LogP contribution in [0.15, 0.2) is 30.5 Å². The molecular weight excluding hydrogens is 480 g/mol. The maximum atomic E-state index is 13.7. The average molecular weight is 518 g/mol. The number of fused-ring (bicyclic) bond motifs is 1. The Morgan fingerprint density at radius 2 is 1.95 bits per heavy atom. The molecule has 0 bridgehead atoms. The number of halogens is 2. The van der Waals surface area contributed by atoms with Gasteiger partial charge in [-0.05, 0) is 47.6 Å². The zero-order valence-electron chi connectivity index (χ0n) is 21.9. The van der Waals surface area contributed by atoms with Gasteiger partial charge >= 0.3 is 0 Å². The van der Waals surface area contributed by atoms with Gasteiger partial charge in [-0.15, -0.1) is 0 Å². The average Bonchev–Trinajstić information content (AvgIpc) is 3.22. The van der Waals surface area contributed by atoms with Crippen molar-refractivity contribution in [1.29, 1.82) is 0 Å². The maximum Gasteiger partial charge on any atom is 0.218 e. The third-order valence-electron chi connectivity index (χ3n) is 6.81. The van der Waals surface area contributed by atoms with Gasteiger partial charge in [-0.2, -0.15) is 0 Å². The molecule has 1 aromatic heterocycles. The van der Waals surface area contributed by atoms with E-state index in [2.05, 4.69) is 42.5 Å². The van der Waals surface area contributed by atoms with Gasteiger partial charge < -0.3 is 25.2 Å². The Balaban J connectivity index is 1.53. The van der Waals surface area contributed by atoms with E-state index in [-0.39, 0.29) is 30.3 Å². The molecule has 2 aliphatic rings. The molecule has 4 rings (SSSR count). The third kappa shape index (κ3) is 7.24. The van der Waals surface area contributed by atoms with E-state index in [0.717, 1.165) is 30.0 Å². The number of aromatic nitrogens is 1. The minimum Gasteiger partial charge on any atom is -0.468 e. The number of rotatable bonds is 8. The molecule has 1 fully saturated rings. The zero-order chi connectivity index (χ0) is 26.8. The summed E-state index contributed by atoms with van der Waals surface area (Å²) < 4.78 is 39.4. The highest BCUT2D eigenvalue weighted by atomic mass is 19.1. The molecule has 1 saturated heterocycles. The molecule has 3 heterocycles. The van der Waals surface area contributed by atoms with Crippen molar-refractivity contribution in [3.05, 3.63) is 58.8 Å². The van der Waals surface area contributed by atoms with Crippen molar-refractivity contribution < 1.29 is 28.2 Å². The standard InChI is InChI=1S/C28H37F2N3O4/c1-17(34)33-23(10-18-7-20(29)11-21(30)8-18)25(35)15-31-24-13-28(5-6-36-16-28)37-26-22(24)9-19(14-32-26)12-27(2,3)4/h7-9,11,14,23-25,31,35H,5-6,10,12-13,15-16H2,1-4H3,(H,33,34)/t23-,24+,25+,28+/m0/s1. The molecule has 0 aliphatic carbocycles. The van der Waals surface area contributed by atoms with E-state index >= 15 is 0 Å². The monoisotopic (exact) mass is 517 g/mol. The van der Waals surface area contributed by atoms with Gasteiger partial charge in [0.2, 0.25) is 11.8 Å². The third-order valence-corrected chi connectivity index (χ3v) is 6.81. The Morgan fingerprint density at radius 3 is 2.57 bits per heavy atom. The number of aliphatic hydroxyl groups is 1. The topological polar surface area (TPSA) is 92.7 Å². The number of carbonyl (C=O) groups excluding carboxylic acids is 1. The van der Waals surface area contributed by atoms with E-state index in [0.29, 0.717) is 31.1 Å². The fourth-order valence-electron chi connectivity index (χ4n) is 5.23. The number of hydrogen-bond donors (Lipinski definition) is 3. The number of amides is 1. The quantitative estimate of drug-likeness (QED) is 0.495. The van der Waals surface area contributed by atoms with Crippen LogP contribution in [-0.4, -0.2) is 53.5 Å². The van der Waals surface area contributed by atoms with Gasteiger partial charge in [0.25, 0.3) is 0 Å². The van der Waals surface area contributed by atoms with E-state index in [1.54, 1.807) is 0 Å². The first-order valence-corrected chi connectivity index (χ1v) is 12.8. The maximum absolute atomic E-state index is 13.7. The molecule has 7 nitrogen and oxygen atoms in total. The molecule has 202 valence electrons. The Hall–Kier alpha value is -2.62. The SMILES string of the molecule is CC(=O)N[C@@H](Cc1cc(F)cc(F)c1)[C@H](O)CN[C@@H]1C[C@@]2(CCOC2)Oc2ncc(CC(C)(C)C)cc21. The van der Waals surface area contributed by atoms with Crippen molar-refractivity contribution in [2.75, 3.05) is 19.8 Å². The summed E-state index contributed by atoms with van der Waals surface area (Å²) in [6.45, 7) is 9.10. The second-order valence-electron chi connectivity index (χ2n) is 11.6. The first-order chi connectivity index (χ1) is 17.4. The molecule has 4 atom stereocenters. The highest BCUT2D eigenvalue weighted by Crippen LogP contribution is 2.42. The fraction of sp³-hybridized carbons (Fsp3) is 0.571. The van der Waals surface area contributed by atoms with Crippen LogP contribution in [0.4, 0.5) is 8.78 Å². The molecule has 2 aliphatic heterocycles. The molecule has 9 heteroatoms. The summed E-state index contributed by atoms with van der Waals surface area (Å²) in [4.78, 5) is 16.5. The molecule has 37 heavy (non-hydrogen) atoms. The number of nitrogens with zero attached hydrogens (tertiary/aromatic N) is 1. The summed E-state index contributed by atoms with van der Waals surface area (Å²) >= 11 is 0. The Labute approximate surface area is 217 Å². The van der Waals surface area contributed by atoms with E-state index in [1.807, 2.05) is 6.20 Å². The molecule has 1 spiro atoms. The van der Waals surface area contributed by atoms with Gasteiger partial charge in [-0.1, -0.05) is 20.8 Å². The molecular formula is C28H37F2N3O4. The number of carbonyl (C=O) groups is 1. The van der Waals surface area contributed by atoms with Crippen molar-refractivity contribution in [1.82, 2.24) is 15.6 Å². The van der Waals surface area contributed by atoms with Crippen LogP contribution >= 0.6 is 0 Å². The lowest BCUT2D eigenvalue weighted by Crippen LogP contribution is -2.50. The minimum absolute atomic E-state index is 0.0799.